The molecule has 0 saturated heterocycles. The summed E-state index contributed by atoms with van der Waals surface area (Å²) in [6, 6.07) is 7.51. The predicted molar refractivity (Wildman–Crippen MR) is 78.4 cm³/mol. The molecule has 20 heavy (non-hydrogen) atoms. The third kappa shape index (κ3) is 5.03. The van der Waals surface area contributed by atoms with Crippen LogP contribution >= 0.6 is 0 Å². The monoisotopic (exact) mass is 277 g/mol. The summed E-state index contributed by atoms with van der Waals surface area (Å²) >= 11 is 0. The summed E-state index contributed by atoms with van der Waals surface area (Å²) in [6.45, 7) is 3.89. The first-order valence-electron chi connectivity index (χ1n) is 7.05. The number of rotatable bonds is 7. The fraction of sp³-hybridized carbons (Fsp3) is 0.500. The molecule has 0 bridgehead atoms. The predicted octanol–water partition coefficient (Wildman–Crippen LogP) is 2.25. The molecule has 1 N–H and O–H groups in total. The number of aryl methyl sites for hydroxylation is 1. The minimum atomic E-state index is -0.621. The zero-order chi connectivity index (χ0) is 15.0. The number of carbonyl (C=O) groups excluding carboxylic acids is 2. The van der Waals surface area contributed by atoms with Gasteiger partial charge in [0.1, 0.15) is 6.04 Å². The minimum absolute atomic E-state index is 0.150. The molecule has 0 spiro atoms. The lowest BCUT2D eigenvalue weighted by Crippen LogP contribution is -2.42. The summed E-state index contributed by atoms with van der Waals surface area (Å²) in [4.78, 5) is 23.2. The Labute approximate surface area is 120 Å². The lowest BCUT2D eigenvalue weighted by Gasteiger charge is -2.16. The summed E-state index contributed by atoms with van der Waals surface area (Å²) in [7, 11) is 1.33. The molecule has 110 valence electrons. The maximum Gasteiger partial charge on any atom is 0.328 e. The van der Waals surface area contributed by atoms with Crippen molar-refractivity contribution in [3.05, 3.63) is 35.4 Å². The summed E-state index contributed by atoms with van der Waals surface area (Å²) in [6.07, 6.45) is 2.96. The first-order chi connectivity index (χ1) is 9.60. The summed E-state index contributed by atoms with van der Waals surface area (Å²) in [5.41, 5.74) is 2.29. The van der Waals surface area contributed by atoms with Crippen LogP contribution in [0.3, 0.4) is 0 Å². The van der Waals surface area contributed by atoms with Gasteiger partial charge in [0.15, 0.2) is 0 Å². The average Bonchev–Trinajstić information content (AvgIpc) is 2.47. The van der Waals surface area contributed by atoms with E-state index in [2.05, 4.69) is 24.4 Å². The first kappa shape index (κ1) is 16.2. The van der Waals surface area contributed by atoms with Gasteiger partial charge in [-0.25, -0.2) is 4.79 Å². The fourth-order valence-corrected chi connectivity index (χ4v) is 2.00. The maximum absolute atomic E-state index is 11.7. The molecule has 0 aliphatic heterocycles. The lowest BCUT2D eigenvalue weighted by molar-refractivity contribution is -0.145. The Morgan fingerprint density at radius 1 is 1.15 bits per heavy atom. The second kappa shape index (κ2) is 8.35. The molecule has 1 aromatic carbocycles. The first-order valence-corrected chi connectivity index (χ1v) is 7.05. The zero-order valence-electron chi connectivity index (χ0n) is 12.4. The van der Waals surface area contributed by atoms with Crippen LogP contribution < -0.4 is 5.32 Å². The SMILES string of the molecule is CCCc1ccc(C[C@@H](NC(=O)CC)C(=O)OC)cc1. The van der Waals surface area contributed by atoms with E-state index in [4.69, 9.17) is 4.74 Å². The quantitative estimate of drug-likeness (QED) is 0.778. The van der Waals surface area contributed by atoms with E-state index >= 15 is 0 Å². The van der Waals surface area contributed by atoms with E-state index in [0.717, 1.165) is 18.4 Å². The molecule has 4 heteroatoms. The van der Waals surface area contributed by atoms with Crippen LogP contribution in [-0.4, -0.2) is 25.0 Å². The van der Waals surface area contributed by atoms with Crippen molar-refractivity contribution < 1.29 is 14.3 Å². The molecule has 1 rings (SSSR count). The van der Waals surface area contributed by atoms with Crippen molar-refractivity contribution in [2.24, 2.45) is 0 Å². The minimum Gasteiger partial charge on any atom is -0.467 e. The number of hydrogen-bond acceptors (Lipinski definition) is 3. The van der Waals surface area contributed by atoms with Gasteiger partial charge in [-0.1, -0.05) is 44.5 Å². The molecule has 0 radical (unpaired) electrons. The Balaban J connectivity index is 2.73. The highest BCUT2D eigenvalue weighted by Crippen LogP contribution is 2.09. The van der Waals surface area contributed by atoms with Gasteiger partial charge in [-0.3, -0.25) is 4.79 Å². The van der Waals surface area contributed by atoms with Gasteiger partial charge in [-0.2, -0.15) is 0 Å². The largest absolute Gasteiger partial charge is 0.467 e. The fourth-order valence-electron chi connectivity index (χ4n) is 2.00. The summed E-state index contributed by atoms with van der Waals surface area (Å²) in [5, 5.41) is 2.69. The normalized spacial score (nSPS) is 11.8. The van der Waals surface area contributed by atoms with Crippen molar-refractivity contribution in [2.75, 3.05) is 7.11 Å². The van der Waals surface area contributed by atoms with Crippen LogP contribution in [0.15, 0.2) is 24.3 Å². The van der Waals surface area contributed by atoms with Crippen molar-refractivity contribution >= 4 is 11.9 Å². The van der Waals surface area contributed by atoms with Crippen LogP contribution in [0.5, 0.6) is 0 Å². The lowest BCUT2D eigenvalue weighted by atomic mass is 10.0. The Kier molecular flexibility index (Phi) is 6.77. The number of carbonyl (C=O) groups is 2. The Morgan fingerprint density at radius 2 is 1.75 bits per heavy atom. The van der Waals surface area contributed by atoms with Gasteiger partial charge in [0.2, 0.25) is 5.91 Å². The van der Waals surface area contributed by atoms with Gasteiger partial charge in [-0.15, -0.1) is 0 Å². The second-order valence-electron chi connectivity index (χ2n) is 4.77. The topological polar surface area (TPSA) is 55.4 Å². The number of ether oxygens (including phenoxy) is 1. The van der Waals surface area contributed by atoms with Gasteiger partial charge in [0.05, 0.1) is 7.11 Å². The van der Waals surface area contributed by atoms with Crippen molar-refractivity contribution in [2.45, 2.75) is 45.6 Å². The van der Waals surface area contributed by atoms with Gasteiger partial charge in [-0.05, 0) is 17.5 Å². The van der Waals surface area contributed by atoms with E-state index in [1.165, 1.54) is 12.7 Å². The number of nitrogens with one attached hydrogen (secondary N) is 1. The highest BCUT2D eigenvalue weighted by molar-refractivity contribution is 5.84. The van der Waals surface area contributed by atoms with Crippen molar-refractivity contribution in [1.29, 1.82) is 0 Å². The second-order valence-corrected chi connectivity index (χ2v) is 4.77. The van der Waals surface area contributed by atoms with E-state index in [1.54, 1.807) is 6.92 Å². The third-order valence-electron chi connectivity index (χ3n) is 3.14. The van der Waals surface area contributed by atoms with Gasteiger partial charge >= 0.3 is 5.97 Å². The van der Waals surface area contributed by atoms with Gasteiger partial charge in [0, 0.05) is 12.8 Å². The van der Waals surface area contributed by atoms with E-state index in [-0.39, 0.29) is 5.91 Å². The van der Waals surface area contributed by atoms with E-state index < -0.39 is 12.0 Å². The molecule has 1 atom stereocenters. The molecule has 0 aliphatic rings. The molecular weight excluding hydrogens is 254 g/mol. The highest BCUT2D eigenvalue weighted by atomic mass is 16.5. The molecule has 0 fully saturated rings. The molecule has 0 aliphatic carbocycles. The maximum atomic E-state index is 11.7. The zero-order valence-corrected chi connectivity index (χ0v) is 12.4. The van der Waals surface area contributed by atoms with Crippen LogP contribution in [-0.2, 0) is 27.2 Å². The number of benzene rings is 1. The van der Waals surface area contributed by atoms with E-state index in [9.17, 15) is 9.59 Å². The molecular formula is C16H23NO3. The van der Waals surface area contributed by atoms with Crippen LogP contribution in [0.25, 0.3) is 0 Å². The number of esters is 1. The Hall–Kier alpha value is -1.84. The van der Waals surface area contributed by atoms with Crippen LogP contribution in [0.1, 0.15) is 37.8 Å². The van der Waals surface area contributed by atoms with Crippen molar-refractivity contribution in [1.82, 2.24) is 5.32 Å². The molecule has 0 saturated carbocycles. The van der Waals surface area contributed by atoms with Crippen molar-refractivity contribution in [3.8, 4) is 0 Å². The average molecular weight is 277 g/mol. The third-order valence-corrected chi connectivity index (χ3v) is 3.14. The number of amides is 1. The summed E-state index contributed by atoms with van der Waals surface area (Å²) < 4.78 is 4.74. The van der Waals surface area contributed by atoms with E-state index in [0.29, 0.717) is 12.8 Å². The van der Waals surface area contributed by atoms with Gasteiger partial charge in [0.25, 0.3) is 0 Å². The highest BCUT2D eigenvalue weighted by Gasteiger charge is 2.21. The van der Waals surface area contributed by atoms with Crippen LogP contribution in [0.4, 0.5) is 0 Å². The van der Waals surface area contributed by atoms with Gasteiger partial charge < -0.3 is 10.1 Å². The Bertz CT molecular complexity index is 440. The molecule has 1 amide bonds. The molecule has 0 unspecified atom stereocenters. The van der Waals surface area contributed by atoms with Crippen LogP contribution in [0, 0.1) is 0 Å². The number of hydrogen-bond donors (Lipinski definition) is 1. The molecule has 4 nitrogen and oxygen atoms in total. The van der Waals surface area contributed by atoms with E-state index in [1.807, 2.05) is 12.1 Å². The standard InChI is InChI=1S/C16H23NO3/c1-4-6-12-7-9-13(10-8-12)11-14(16(19)20-3)17-15(18)5-2/h7-10,14H,4-6,11H2,1-3H3,(H,17,18)/t14-/m1/s1. The molecule has 0 aromatic heterocycles. The summed E-state index contributed by atoms with van der Waals surface area (Å²) in [5.74, 6) is -0.563. The smallest absolute Gasteiger partial charge is 0.328 e. The molecule has 0 heterocycles. The Morgan fingerprint density at radius 3 is 2.25 bits per heavy atom. The molecule has 1 aromatic rings. The number of methoxy groups -OCH3 is 1. The van der Waals surface area contributed by atoms with Crippen molar-refractivity contribution in [3.63, 3.8) is 0 Å². The van der Waals surface area contributed by atoms with Crippen LogP contribution in [0.2, 0.25) is 0 Å².